The third kappa shape index (κ3) is 12.9. The summed E-state index contributed by atoms with van der Waals surface area (Å²) in [6, 6.07) is 0.935. The number of aliphatic hydroxyl groups is 2. The second kappa shape index (κ2) is 9.68. The van der Waals surface area contributed by atoms with Crippen LogP contribution in [0.5, 0.6) is 0 Å². The topological polar surface area (TPSA) is 68.2 Å². The lowest BCUT2D eigenvalue weighted by Crippen LogP contribution is -2.52. The van der Waals surface area contributed by atoms with Crippen molar-refractivity contribution in [1.82, 2.24) is 0 Å². The zero-order valence-corrected chi connectivity index (χ0v) is 18.4. The van der Waals surface area contributed by atoms with Crippen molar-refractivity contribution in [2.24, 2.45) is 0 Å². The van der Waals surface area contributed by atoms with Crippen molar-refractivity contribution in [2.75, 3.05) is 19.8 Å². The van der Waals surface area contributed by atoms with Crippen molar-refractivity contribution in [3.63, 3.8) is 0 Å². The van der Waals surface area contributed by atoms with Crippen LogP contribution in [0.25, 0.3) is 0 Å². The van der Waals surface area contributed by atoms with Crippen molar-refractivity contribution in [3.05, 3.63) is 0 Å². The first kappa shape index (κ1) is 22.5. The molecule has 0 saturated carbocycles. The van der Waals surface area contributed by atoms with E-state index in [1.54, 1.807) is 0 Å². The Morgan fingerprint density at radius 3 is 1.77 bits per heavy atom. The maximum absolute atomic E-state index is 9.24. The van der Waals surface area contributed by atoms with Crippen LogP contribution < -0.4 is 0 Å². The molecule has 5 nitrogen and oxygen atoms in total. The third-order valence-electron chi connectivity index (χ3n) is 2.77. The molecule has 0 aromatic heterocycles. The molecule has 22 heavy (non-hydrogen) atoms. The van der Waals surface area contributed by atoms with Gasteiger partial charge in [-0.05, 0) is 64.7 Å². The standard InChI is InChI=1S/C14H36O5Si3/c1-20(2,3)18-22(7,19-21(4,5)6)12-8-10-17-11-9-14(16)13-15/h14-16H,8-13H2,1-7H3. The third-order valence-corrected chi connectivity index (χ3v) is 12.4. The predicted octanol–water partition coefficient (Wildman–Crippen LogP) is 2.91. The summed E-state index contributed by atoms with van der Waals surface area (Å²) in [5, 5.41) is 18.0. The van der Waals surface area contributed by atoms with Gasteiger partial charge in [-0.1, -0.05) is 0 Å². The molecule has 0 radical (unpaired) electrons. The number of rotatable bonds is 12. The minimum absolute atomic E-state index is 0.206. The van der Waals surface area contributed by atoms with Gasteiger partial charge in [-0.3, -0.25) is 0 Å². The second-order valence-corrected chi connectivity index (χ2v) is 20.8. The van der Waals surface area contributed by atoms with Crippen LogP contribution in [0, 0.1) is 0 Å². The van der Waals surface area contributed by atoms with E-state index in [4.69, 9.17) is 18.1 Å². The van der Waals surface area contributed by atoms with Gasteiger partial charge in [0, 0.05) is 13.2 Å². The first-order valence-corrected chi connectivity index (χ1v) is 17.5. The molecule has 0 heterocycles. The van der Waals surface area contributed by atoms with Crippen molar-refractivity contribution in [3.8, 4) is 0 Å². The highest BCUT2D eigenvalue weighted by Gasteiger charge is 2.39. The van der Waals surface area contributed by atoms with E-state index in [1.165, 1.54) is 0 Å². The minimum atomic E-state index is -2.16. The summed E-state index contributed by atoms with van der Waals surface area (Å²) in [4.78, 5) is 0. The van der Waals surface area contributed by atoms with Gasteiger partial charge in [0.2, 0.25) is 0 Å². The van der Waals surface area contributed by atoms with Gasteiger partial charge in [0.1, 0.15) is 0 Å². The summed E-state index contributed by atoms with van der Waals surface area (Å²) in [6.07, 6.45) is 0.708. The molecule has 1 atom stereocenters. The molecule has 0 aliphatic rings. The number of aliphatic hydroxyl groups excluding tert-OH is 2. The average molecular weight is 369 g/mol. The molecule has 134 valence electrons. The largest absolute Gasteiger partial charge is 0.437 e. The average Bonchev–Trinajstić information content (AvgIpc) is 2.28. The minimum Gasteiger partial charge on any atom is -0.437 e. The Labute approximate surface area is 139 Å². The lowest BCUT2D eigenvalue weighted by Gasteiger charge is -2.38. The van der Waals surface area contributed by atoms with Crippen LogP contribution in [-0.2, 0) is 13.0 Å². The molecule has 0 fully saturated rings. The summed E-state index contributed by atoms with van der Waals surface area (Å²) in [7, 11) is -5.42. The smallest absolute Gasteiger partial charge is 0.314 e. The number of ether oxygens (including phenoxy) is 1. The van der Waals surface area contributed by atoms with E-state index in [9.17, 15) is 5.11 Å². The molecule has 0 rings (SSSR count). The van der Waals surface area contributed by atoms with Gasteiger partial charge in [-0.25, -0.2) is 0 Å². The van der Waals surface area contributed by atoms with Crippen LogP contribution in [0.1, 0.15) is 12.8 Å². The maximum Gasteiger partial charge on any atom is 0.314 e. The van der Waals surface area contributed by atoms with Gasteiger partial charge in [-0.2, -0.15) is 0 Å². The van der Waals surface area contributed by atoms with Crippen LogP contribution >= 0.6 is 0 Å². The van der Waals surface area contributed by atoms with Crippen molar-refractivity contribution in [1.29, 1.82) is 0 Å². The Balaban J connectivity index is 4.25. The van der Waals surface area contributed by atoms with Crippen LogP contribution in [0.2, 0.25) is 51.9 Å². The molecule has 0 aromatic carbocycles. The molecule has 0 aliphatic carbocycles. The number of hydrogen-bond donors (Lipinski definition) is 2. The van der Waals surface area contributed by atoms with Crippen LogP contribution in [-0.4, -0.2) is 61.3 Å². The van der Waals surface area contributed by atoms with Crippen LogP contribution in [0.15, 0.2) is 0 Å². The van der Waals surface area contributed by atoms with Gasteiger partial charge in [-0.15, -0.1) is 0 Å². The molecule has 0 bridgehead atoms. The van der Waals surface area contributed by atoms with Gasteiger partial charge >= 0.3 is 8.56 Å². The quantitative estimate of drug-likeness (QED) is 0.409. The lowest BCUT2D eigenvalue weighted by atomic mass is 10.3. The van der Waals surface area contributed by atoms with E-state index in [0.29, 0.717) is 19.6 Å². The fourth-order valence-electron chi connectivity index (χ4n) is 2.33. The molecule has 0 saturated heterocycles. The highest BCUT2D eigenvalue weighted by Crippen LogP contribution is 2.25. The highest BCUT2D eigenvalue weighted by atomic mass is 28.5. The predicted molar refractivity (Wildman–Crippen MR) is 98.4 cm³/mol. The van der Waals surface area contributed by atoms with E-state index in [-0.39, 0.29) is 6.61 Å². The Morgan fingerprint density at radius 1 is 0.864 bits per heavy atom. The number of hydrogen-bond acceptors (Lipinski definition) is 5. The maximum atomic E-state index is 9.24. The summed E-state index contributed by atoms with van der Waals surface area (Å²) in [5.41, 5.74) is 0. The summed E-state index contributed by atoms with van der Waals surface area (Å²) < 4.78 is 18.4. The van der Waals surface area contributed by atoms with Crippen molar-refractivity contribution >= 4 is 25.2 Å². The molecule has 0 aromatic rings. The monoisotopic (exact) mass is 368 g/mol. The van der Waals surface area contributed by atoms with Gasteiger partial charge in [0.15, 0.2) is 16.6 Å². The van der Waals surface area contributed by atoms with Crippen LogP contribution in [0.4, 0.5) is 0 Å². The second-order valence-electron chi connectivity index (χ2n) is 7.90. The van der Waals surface area contributed by atoms with Gasteiger partial charge < -0.3 is 23.2 Å². The summed E-state index contributed by atoms with van der Waals surface area (Å²) in [6.45, 7) is 16.3. The van der Waals surface area contributed by atoms with Gasteiger partial charge in [0.05, 0.1) is 12.7 Å². The Morgan fingerprint density at radius 2 is 1.36 bits per heavy atom. The molecular weight excluding hydrogens is 332 g/mol. The fourth-order valence-corrected chi connectivity index (χ4v) is 14.8. The highest BCUT2D eigenvalue weighted by molar-refractivity contribution is 6.87. The molecule has 8 heteroatoms. The SMILES string of the molecule is C[Si](C)(C)O[Si](C)(CCCOCCC(O)CO)O[Si](C)(C)C. The Bertz CT molecular complexity index is 286. The molecule has 2 N–H and O–H groups in total. The first-order valence-electron chi connectivity index (χ1n) is 8.14. The van der Waals surface area contributed by atoms with Gasteiger partial charge in [0.25, 0.3) is 0 Å². The molecule has 0 spiro atoms. The van der Waals surface area contributed by atoms with E-state index >= 15 is 0 Å². The normalized spacial score (nSPS) is 15.1. The molecule has 1 unspecified atom stereocenters. The molecule has 0 amide bonds. The van der Waals surface area contributed by atoms with E-state index in [2.05, 4.69) is 45.8 Å². The van der Waals surface area contributed by atoms with Crippen molar-refractivity contribution < 1.29 is 23.2 Å². The zero-order chi connectivity index (χ0) is 17.4. The zero-order valence-electron chi connectivity index (χ0n) is 15.4. The Hall–Kier alpha value is 0.451. The van der Waals surface area contributed by atoms with E-state index < -0.39 is 31.3 Å². The van der Waals surface area contributed by atoms with E-state index in [0.717, 1.165) is 12.5 Å². The molecule has 0 aliphatic heterocycles. The summed E-state index contributed by atoms with van der Waals surface area (Å²) >= 11 is 0. The van der Waals surface area contributed by atoms with E-state index in [1.807, 2.05) is 0 Å². The first-order chi connectivity index (χ1) is 9.87. The molecular formula is C14H36O5Si3. The van der Waals surface area contributed by atoms with Crippen molar-refractivity contribution in [2.45, 2.75) is 70.8 Å². The summed E-state index contributed by atoms with van der Waals surface area (Å²) in [5.74, 6) is 0. The fraction of sp³-hybridized carbons (Fsp3) is 1.00. The lowest BCUT2D eigenvalue weighted by molar-refractivity contribution is 0.0484. The van der Waals surface area contributed by atoms with Crippen LogP contribution in [0.3, 0.4) is 0 Å². The Kier molecular flexibility index (Phi) is 9.87.